The summed E-state index contributed by atoms with van der Waals surface area (Å²) in [4.78, 5) is 29.2. The Bertz CT molecular complexity index is 688. The number of hydrogen-bond acceptors (Lipinski definition) is 7. The Hall–Kier alpha value is -2.06. The number of carbonyl (C=O) groups excluding carboxylic acids is 1. The van der Waals surface area contributed by atoms with Crippen LogP contribution in [0.2, 0.25) is 0 Å². The van der Waals surface area contributed by atoms with E-state index in [-0.39, 0.29) is 17.4 Å². The van der Waals surface area contributed by atoms with E-state index in [0.717, 1.165) is 36.8 Å². The molecule has 0 spiro atoms. The van der Waals surface area contributed by atoms with E-state index >= 15 is 0 Å². The first-order chi connectivity index (χ1) is 11.1. The molecule has 7 nitrogen and oxygen atoms in total. The highest BCUT2D eigenvalue weighted by Crippen LogP contribution is 2.14. The normalized spacial score (nSPS) is 16.3. The zero-order chi connectivity index (χ0) is 16.2. The average Bonchev–Trinajstić information content (AvgIpc) is 2.81. The second-order valence-corrected chi connectivity index (χ2v) is 6.63. The predicted molar refractivity (Wildman–Crippen MR) is 89.1 cm³/mol. The maximum atomic E-state index is 12.6. The van der Waals surface area contributed by atoms with Crippen LogP contribution in [0, 0.1) is 6.92 Å². The third-order valence-electron chi connectivity index (χ3n) is 3.86. The van der Waals surface area contributed by atoms with Gasteiger partial charge in [0.05, 0.1) is 10.7 Å². The van der Waals surface area contributed by atoms with Gasteiger partial charge in [0.2, 0.25) is 0 Å². The Morgan fingerprint density at radius 2 is 2.09 bits per heavy atom. The predicted octanol–water partition coefficient (Wildman–Crippen LogP) is 1.17. The van der Waals surface area contributed by atoms with Gasteiger partial charge in [-0.2, -0.15) is 0 Å². The van der Waals surface area contributed by atoms with E-state index in [1.807, 2.05) is 11.8 Å². The zero-order valence-electron chi connectivity index (χ0n) is 13.1. The first-order valence-electron chi connectivity index (χ1n) is 7.62. The first kappa shape index (κ1) is 15.8. The molecule has 122 valence electrons. The van der Waals surface area contributed by atoms with E-state index in [1.165, 1.54) is 12.4 Å². The van der Waals surface area contributed by atoms with Crippen molar-refractivity contribution in [1.29, 1.82) is 0 Å². The Balaban J connectivity index is 1.62. The van der Waals surface area contributed by atoms with Crippen LogP contribution in [0.3, 0.4) is 0 Å². The lowest BCUT2D eigenvalue weighted by atomic mass is 10.3. The van der Waals surface area contributed by atoms with Gasteiger partial charge in [-0.05, 0) is 13.3 Å². The number of aryl methyl sites for hydroxylation is 1. The van der Waals surface area contributed by atoms with Crippen LogP contribution in [0.15, 0.2) is 17.8 Å². The fourth-order valence-electron chi connectivity index (χ4n) is 2.71. The lowest BCUT2D eigenvalue weighted by Gasteiger charge is -2.21. The van der Waals surface area contributed by atoms with Crippen molar-refractivity contribution in [2.45, 2.75) is 19.9 Å². The fourth-order valence-corrected chi connectivity index (χ4v) is 3.31. The van der Waals surface area contributed by atoms with Gasteiger partial charge >= 0.3 is 0 Å². The van der Waals surface area contributed by atoms with Crippen LogP contribution in [0.4, 0.5) is 5.82 Å². The maximum absolute atomic E-state index is 12.6. The molecule has 2 N–H and O–H groups in total. The number of aromatic nitrogens is 3. The highest BCUT2D eigenvalue weighted by Gasteiger charge is 2.23. The summed E-state index contributed by atoms with van der Waals surface area (Å²) in [5.41, 5.74) is 7.11. The first-order valence-corrected chi connectivity index (χ1v) is 8.50. The maximum Gasteiger partial charge on any atom is 0.276 e. The summed E-state index contributed by atoms with van der Waals surface area (Å²) in [6.45, 7) is 6.00. The van der Waals surface area contributed by atoms with Crippen molar-refractivity contribution < 1.29 is 4.79 Å². The molecule has 0 aromatic carbocycles. The van der Waals surface area contributed by atoms with Crippen LogP contribution < -0.4 is 5.73 Å². The smallest absolute Gasteiger partial charge is 0.276 e. The van der Waals surface area contributed by atoms with Crippen LogP contribution >= 0.6 is 11.3 Å². The minimum Gasteiger partial charge on any atom is -0.382 e. The molecule has 3 rings (SSSR count). The topological polar surface area (TPSA) is 88.2 Å². The van der Waals surface area contributed by atoms with Crippen molar-refractivity contribution in [2.24, 2.45) is 0 Å². The molecular formula is C15H20N6OS. The molecule has 0 radical (unpaired) electrons. The molecule has 0 saturated carbocycles. The highest BCUT2D eigenvalue weighted by atomic mass is 32.1. The lowest BCUT2D eigenvalue weighted by molar-refractivity contribution is 0.0756. The van der Waals surface area contributed by atoms with Crippen molar-refractivity contribution >= 4 is 23.1 Å². The molecule has 3 heterocycles. The average molecular weight is 332 g/mol. The van der Waals surface area contributed by atoms with Gasteiger partial charge in [0.25, 0.3) is 5.91 Å². The van der Waals surface area contributed by atoms with Crippen molar-refractivity contribution in [3.8, 4) is 0 Å². The van der Waals surface area contributed by atoms with Crippen molar-refractivity contribution in [3.05, 3.63) is 34.2 Å². The molecule has 8 heteroatoms. The third kappa shape index (κ3) is 3.83. The minimum absolute atomic E-state index is 0.137. The monoisotopic (exact) mass is 332 g/mol. The number of anilines is 1. The summed E-state index contributed by atoms with van der Waals surface area (Å²) in [6.07, 6.45) is 3.92. The Morgan fingerprint density at radius 1 is 1.26 bits per heavy atom. The second kappa shape index (κ2) is 7.01. The Kier molecular flexibility index (Phi) is 4.82. The number of nitrogens with zero attached hydrogens (tertiary/aromatic N) is 5. The number of hydrogen-bond donors (Lipinski definition) is 1. The summed E-state index contributed by atoms with van der Waals surface area (Å²) in [5, 5.41) is 3.19. The van der Waals surface area contributed by atoms with Gasteiger partial charge in [-0.15, -0.1) is 11.3 Å². The Morgan fingerprint density at radius 3 is 2.83 bits per heavy atom. The van der Waals surface area contributed by atoms with E-state index in [9.17, 15) is 4.79 Å². The molecule has 0 atom stereocenters. The largest absolute Gasteiger partial charge is 0.382 e. The van der Waals surface area contributed by atoms with Crippen molar-refractivity contribution in [2.75, 3.05) is 31.9 Å². The van der Waals surface area contributed by atoms with Gasteiger partial charge in [-0.1, -0.05) is 0 Å². The van der Waals surface area contributed by atoms with Gasteiger partial charge in [0, 0.05) is 50.5 Å². The van der Waals surface area contributed by atoms with Crippen molar-refractivity contribution in [3.63, 3.8) is 0 Å². The lowest BCUT2D eigenvalue weighted by Crippen LogP contribution is -2.36. The number of rotatable bonds is 3. The zero-order valence-corrected chi connectivity index (χ0v) is 13.9. The van der Waals surface area contributed by atoms with Gasteiger partial charge in [0.15, 0.2) is 11.5 Å². The van der Waals surface area contributed by atoms with Crippen LogP contribution in [0.1, 0.15) is 27.6 Å². The molecule has 0 unspecified atom stereocenters. The molecule has 0 bridgehead atoms. The van der Waals surface area contributed by atoms with Crippen molar-refractivity contribution in [1.82, 2.24) is 24.8 Å². The quantitative estimate of drug-likeness (QED) is 0.908. The standard InChI is InChI=1S/C15H20N6OS/c1-11-19-12(10-23-11)9-20-5-2-6-21(8-7-20)15(22)13-14(16)18-4-3-17-13/h3-4,10H,2,5-9H2,1H3,(H2,16,18). The summed E-state index contributed by atoms with van der Waals surface area (Å²) >= 11 is 1.67. The number of nitrogen functional groups attached to an aromatic ring is 1. The molecule has 1 aliphatic heterocycles. The highest BCUT2D eigenvalue weighted by molar-refractivity contribution is 7.09. The molecule has 0 aliphatic carbocycles. The number of thiazole rings is 1. The van der Waals surface area contributed by atoms with Gasteiger partial charge in [-0.25, -0.2) is 15.0 Å². The molecular weight excluding hydrogens is 312 g/mol. The van der Waals surface area contributed by atoms with Crippen LogP contribution in [-0.2, 0) is 6.54 Å². The Labute approximate surface area is 139 Å². The molecule has 1 fully saturated rings. The second-order valence-electron chi connectivity index (χ2n) is 5.57. The molecule has 1 amide bonds. The number of nitrogens with two attached hydrogens (primary N) is 1. The summed E-state index contributed by atoms with van der Waals surface area (Å²) in [7, 11) is 0. The summed E-state index contributed by atoms with van der Waals surface area (Å²) in [5.74, 6) is 0.0542. The van der Waals surface area contributed by atoms with Crippen LogP contribution in [0.5, 0.6) is 0 Å². The number of amides is 1. The fraction of sp³-hybridized carbons (Fsp3) is 0.467. The van der Waals surface area contributed by atoms with E-state index < -0.39 is 0 Å². The van der Waals surface area contributed by atoms with Gasteiger partial charge < -0.3 is 10.6 Å². The minimum atomic E-state index is -0.137. The van der Waals surface area contributed by atoms with E-state index in [1.54, 1.807) is 11.3 Å². The van der Waals surface area contributed by atoms with E-state index in [0.29, 0.717) is 13.1 Å². The van der Waals surface area contributed by atoms with E-state index in [2.05, 4.69) is 25.2 Å². The van der Waals surface area contributed by atoms with E-state index in [4.69, 9.17) is 5.73 Å². The summed E-state index contributed by atoms with van der Waals surface area (Å²) < 4.78 is 0. The molecule has 1 aliphatic rings. The van der Waals surface area contributed by atoms with Crippen LogP contribution in [0.25, 0.3) is 0 Å². The SMILES string of the molecule is Cc1nc(CN2CCCN(C(=O)c3nccnc3N)CC2)cs1. The molecule has 2 aromatic heterocycles. The molecule has 23 heavy (non-hydrogen) atoms. The molecule has 2 aromatic rings. The third-order valence-corrected chi connectivity index (χ3v) is 4.68. The van der Waals surface area contributed by atoms with Crippen LogP contribution in [-0.4, -0.2) is 56.8 Å². The summed E-state index contributed by atoms with van der Waals surface area (Å²) in [6, 6.07) is 0. The molecule has 1 saturated heterocycles. The van der Waals surface area contributed by atoms with Gasteiger partial charge in [-0.3, -0.25) is 9.69 Å². The number of carbonyl (C=O) groups is 1. The van der Waals surface area contributed by atoms with Gasteiger partial charge in [0.1, 0.15) is 0 Å².